The lowest BCUT2D eigenvalue weighted by Crippen LogP contribution is -1.99. The van der Waals surface area contributed by atoms with Crippen molar-refractivity contribution in [3.05, 3.63) is 31.8 Å². The first-order valence-corrected chi connectivity index (χ1v) is 6.87. The number of aromatic nitrogens is 4. The van der Waals surface area contributed by atoms with E-state index in [4.69, 9.17) is 0 Å². The van der Waals surface area contributed by atoms with Gasteiger partial charge in [-0.2, -0.15) is 10.2 Å². The maximum Gasteiger partial charge on any atom is 0.107 e. The quantitative estimate of drug-likeness (QED) is 0.750. The van der Waals surface area contributed by atoms with E-state index in [9.17, 15) is 0 Å². The van der Waals surface area contributed by atoms with Gasteiger partial charge in [0.15, 0.2) is 0 Å². The normalized spacial score (nSPS) is 11.0. The Morgan fingerprint density at radius 3 is 2.50 bits per heavy atom. The molecule has 0 aliphatic carbocycles. The molecule has 2 aromatic rings. The lowest BCUT2D eigenvalue weighted by molar-refractivity contribution is 0.643. The van der Waals surface area contributed by atoms with Crippen LogP contribution < -0.4 is 0 Å². The second kappa shape index (κ2) is 4.87. The van der Waals surface area contributed by atoms with E-state index in [-0.39, 0.29) is 0 Å². The summed E-state index contributed by atoms with van der Waals surface area (Å²) in [6.45, 7) is 3.01. The van der Waals surface area contributed by atoms with Gasteiger partial charge in [-0.25, -0.2) is 0 Å². The predicted octanol–water partition coefficient (Wildman–Crippen LogP) is 2.59. The average molecular weight is 395 g/mol. The first-order chi connectivity index (χ1) is 7.63. The zero-order valence-electron chi connectivity index (χ0n) is 9.11. The molecule has 0 aromatic carbocycles. The Hall–Kier alpha value is -0.370. The number of halogens is 2. The smallest absolute Gasteiger partial charge is 0.107 e. The van der Waals surface area contributed by atoms with Crippen molar-refractivity contribution in [2.24, 2.45) is 7.05 Å². The summed E-state index contributed by atoms with van der Waals surface area (Å²) in [5.74, 6) is 0. The lowest BCUT2D eigenvalue weighted by atomic mass is 10.2. The Kier molecular flexibility index (Phi) is 3.68. The first-order valence-electron chi connectivity index (χ1n) is 5.00. The van der Waals surface area contributed by atoms with Crippen LogP contribution in [0, 0.1) is 3.70 Å². The van der Waals surface area contributed by atoms with Crippen LogP contribution in [0.1, 0.15) is 18.1 Å². The van der Waals surface area contributed by atoms with Crippen LogP contribution in [0.15, 0.2) is 17.0 Å². The molecular formula is C10H12BrIN4. The summed E-state index contributed by atoms with van der Waals surface area (Å²) in [6, 6.07) is 0. The molecule has 6 heteroatoms. The molecule has 2 aromatic heterocycles. The van der Waals surface area contributed by atoms with Crippen molar-refractivity contribution in [1.29, 1.82) is 0 Å². The van der Waals surface area contributed by atoms with E-state index in [0.29, 0.717) is 0 Å². The minimum Gasteiger partial charge on any atom is -0.261 e. The molecule has 0 fully saturated rings. The van der Waals surface area contributed by atoms with Crippen LogP contribution in [0.2, 0.25) is 0 Å². The van der Waals surface area contributed by atoms with E-state index in [2.05, 4.69) is 55.6 Å². The fourth-order valence-electron chi connectivity index (χ4n) is 1.54. The van der Waals surface area contributed by atoms with E-state index in [1.165, 1.54) is 14.8 Å². The molecule has 0 amide bonds. The van der Waals surface area contributed by atoms with E-state index in [0.717, 1.165) is 17.6 Å². The third-order valence-electron chi connectivity index (χ3n) is 2.46. The third kappa shape index (κ3) is 2.17. The Bertz CT molecular complexity index is 503. The Morgan fingerprint density at radius 1 is 1.31 bits per heavy atom. The van der Waals surface area contributed by atoms with Crippen LogP contribution in [-0.4, -0.2) is 19.6 Å². The van der Waals surface area contributed by atoms with Gasteiger partial charge in [0.25, 0.3) is 0 Å². The molecule has 0 aliphatic rings. The van der Waals surface area contributed by atoms with E-state index < -0.39 is 0 Å². The largest absolute Gasteiger partial charge is 0.261 e. The Balaban J connectivity index is 2.27. The van der Waals surface area contributed by atoms with Crippen LogP contribution in [0.3, 0.4) is 0 Å². The number of hydrogen-bond donors (Lipinski definition) is 0. The summed E-state index contributed by atoms with van der Waals surface area (Å²) in [7, 11) is 1.92. The SMILES string of the molecule is CCn1ncc(Cc2cnn(C)c2Br)c1I. The summed E-state index contributed by atoms with van der Waals surface area (Å²) in [5, 5.41) is 8.54. The van der Waals surface area contributed by atoms with Crippen molar-refractivity contribution in [2.45, 2.75) is 19.9 Å². The fraction of sp³-hybridized carbons (Fsp3) is 0.400. The zero-order valence-corrected chi connectivity index (χ0v) is 12.9. The Morgan fingerprint density at radius 2 is 2.00 bits per heavy atom. The number of rotatable bonds is 3. The second-order valence-electron chi connectivity index (χ2n) is 3.54. The highest BCUT2D eigenvalue weighted by Crippen LogP contribution is 2.21. The minimum absolute atomic E-state index is 0.868. The van der Waals surface area contributed by atoms with Crippen molar-refractivity contribution in [2.75, 3.05) is 0 Å². The van der Waals surface area contributed by atoms with Crippen LogP contribution in [0.25, 0.3) is 0 Å². The number of hydrogen-bond acceptors (Lipinski definition) is 2. The molecule has 0 radical (unpaired) electrons. The van der Waals surface area contributed by atoms with Gasteiger partial charge in [-0.1, -0.05) is 0 Å². The zero-order chi connectivity index (χ0) is 11.7. The second-order valence-corrected chi connectivity index (χ2v) is 5.31. The fourth-order valence-corrected chi connectivity index (χ4v) is 2.67. The summed E-state index contributed by atoms with van der Waals surface area (Å²) in [6.07, 6.45) is 4.70. The highest BCUT2D eigenvalue weighted by atomic mass is 127. The van der Waals surface area contributed by atoms with Gasteiger partial charge in [-0.3, -0.25) is 9.36 Å². The maximum atomic E-state index is 4.33. The highest BCUT2D eigenvalue weighted by Gasteiger charge is 2.11. The van der Waals surface area contributed by atoms with Gasteiger partial charge in [-0.15, -0.1) is 0 Å². The third-order valence-corrected chi connectivity index (χ3v) is 4.73. The Labute approximate surface area is 116 Å². The monoisotopic (exact) mass is 394 g/mol. The molecule has 0 spiro atoms. The van der Waals surface area contributed by atoms with Crippen molar-refractivity contribution < 1.29 is 0 Å². The molecule has 0 atom stereocenters. The highest BCUT2D eigenvalue weighted by molar-refractivity contribution is 14.1. The van der Waals surface area contributed by atoms with E-state index >= 15 is 0 Å². The number of nitrogens with zero attached hydrogens (tertiary/aromatic N) is 4. The molecule has 2 rings (SSSR count). The molecular weight excluding hydrogens is 383 g/mol. The van der Waals surface area contributed by atoms with Crippen LogP contribution in [-0.2, 0) is 20.0 Å². The molecule has 0 unspecified atom stereocenters. The van der Waals surface area contributed by atoms with Gasteiger partial charge in [0.2, 0.25) is 0 Å². The molecule has 4 nitrogen and oxygen atoms in total. The summed E-state index contributed by atoms with van der Waals surface area (Å²) in [5.41, 5.74) is 2.44. The van der Waals surface area contributed by atoms with Gasteiger partial charge in [0.1, 0.15) is 8.30 Å². The predicted molar refractivity (Wildman–Crippen MR) is 74.3 cm³/mol. The molecule has 86 valence electrons. The molecule has 0 N–H and O–H groups in total. The van der Waals surface area contributed by atoms with Gasteiger partial charge >= 0.3 is 0 Å². The molecule has 2 heterocycles. The summed E-state index contributed by atoms with van der Waals surface area (Å²) >= 11 is 5.87. The molecule has 0 aliphatic heterocycles. The maximum absolute atomic E-state index is 4.33. The average Bonchev–Trinajstić information content (AvgIpc) is 2.77. The minimum atomic E-state index is 0.868. The van der Waals surface area contributed by atoms with Crippen LogP contribution >= 0.6 is 38.5 Å². The van der Waals surface area contributed by atoms with Crippen molar-refractivity contribution in [3.63, 3.8) is 0 Å². The van der Waals surface area contributed by atoms with Gasteiger partial charge in [-0.05, 0) is 45.4 Å². The molecule has 0 saturated carbocycles. The topological polar surface area (TPSA) is 35.6 Å². The van der Waals surface area contributed by atoms with Crippen molar-refractivity contribution >= 4 is 38.5 Å². The van der Waals surface area contributed by atoms with Crippen LogP contribution in [0.4, 0.5) is 0 Å². The van der Waals surface area contributed by atoms with E-state index in [1.807, 2.05) is 28.8 Å². The standard InChI is InChI=1S/C10H12BrIN4/c1-3-16-10(12)8(6-14-16)4-7-5-13-15(2)9(7)11/h5-6H,3-4H2,1-2H3. The lowest BCUT2D eigenvalue weighted by Gasteiger charge is -2.00. The number of aryl methyl sites for hydroxylation is 2. The van der Waals surface area contributed by atoms with Crippen molar-refractivity contribution in [3.8, 4) is 0 Å². The van der Waals surface area contributed by atoms with Gasteiger partial charge in [0, 0.05) is 31.1 Å². The molecule has 16 heavy (non-hydrogen) atoms. The first kappa shape index (κ1) is 12.1. The van der Waals surface area contributed by atoms with Crippen molar-refractivity contribution in [1.82, 2.24) is 19.6 Å². The van der Waals surface area contributed by atoms with Gasteiger partial charge in [0.05, 0.1) is 12.4 Å². The van der Waals surface area contributed by atoms with E-state index in [1.54, 1.807) is 0 Å². The molecule has 0 bridgehead atoms. The summed E-state index contributed by atoms with van der Waals surface area (Å²) < 4.78 is 6.07. The summed E-state index contributed by atoms with van der Waals surface area (Å²) in [4.78, 5) is 0. The van der Waals surface area contributed by atoms with Crippen LogP contribution in [0.5, 0.6) is 0 Å². The molecule has 0 saturated heterocycles. The van der Waals surface area contributed by atoms with Gasteiger partial charge < -0.3 is 0 Å².